The molecule has 1 aromatic carbocycles. The van der Waals surface area contributed by atoms with Gasteiger partial charge in [0.05, 0.1) is 0 Å². The number of halogens is 4. The number of amides is 1. The van der Waals surface area contributed by atoms with Gasteiger partial charge in [-0.3, -0.25) is 4.79 Å². The molecular weight excluding hydrogens is 280 g/mol. The van der Waals surface area contributed by atoms with Gasteiger partial charge in [0.25, 0.3) is 9.70 Å². The zero-order chi connectivity index (χ0) is 11.6. The largest absolute Gasteiger partial charge is 0.322 e. The van der Waals surface area contributed by atoms with Crippen molar-refractivity contribution in [3.05, 3.63) is 28.8 Å². The average Bonchev–Trinajstić information content (AvgIpc) is 2.08. The van der Waals surface area contributed by atoms with Gasteiger partial charge in [0.2, 0.25) is 0 Å². The zero-order valence-corrected chi connectivity index (χ0v) is 10.7. The van der Waals surface area contributed by atoms with E-state index in [-0.39, 0.29) is 0 Å². The van der Waals surface area contributed by atoms with Crippen LogP contribution in [0.1, 0.15) is 5.56 Å². The summed E-state index contributed by atoms with van der Waals surface area (Å²) in [6.07, 6.45) is 0. The van der Waals surface area contributed by atoms with Gasteiger partial charge in [0.15, 0.2) is 0 Å². The van der Waals surface area contributed by atoms with Crippen LogP contribution in [0.15, 0.2) is 18.2 Å². The van der Waals surface area contributed by atoms with E-state index in [4.69, 9.17) is 46.4 Å². The van der Waals surface area contributed by atoms with Crippen LogP contribution in [0.5, 0.6) is 0 Å². The molecule has 0 saturated carbocycles. The summed E-state index contributed by atoms with van der Waals surface area (Å²) in [6, 6.07) is 4.99. The first kappa shape index (κ1) is 12.9. The van der Waals surface area contributed by atoms with E-state index >= 15 is 0 Å². The van der Waals surface area contributed by atoms with Crippen LogP contribution < -0.4 is 5.32 Å². The third-order valence-corrected chi connectivity index (χ3v) is 2.44. The first-order valence-electron chi connectivity index (χ1n) is 3.95. The highest BCUT2D eigenvalue weighted by Crippen LogP contribution is 2.28. The summed E-state index contributed by atoms with van der Waals surface area (Å²) in [5.74, 6) is -0.696. The Bertz CT molecular complexity index is 386. The van der Waals surface area contributed by atoms with Gasteiger partial charge < -0.3 is 5.32 Å². The van der Waals surface area contributed by atoms with Crippen LogP contribution in [0, 0.1) is 6.92 Å². The minimum atomic E-state index is -1.97. The van der Waals surface area contributed by atoms with Crippen molar-refractivity contribution in [2.45, 2.75) is 10.7 Å². The number of rotatable bonds is 1. The SMILES string of the molecule is Cc1cc(Cl)ccc1NC(=O)C(Cl)(Cl)Cl. The highest BCUT2D eigenvalue weighted by Gasteiger charge is 2.30. The smallest absolute Gasteiger partial charge is 0.276 e. The minimum absolute atomic E-state index is 0.565. The summed E-state index contributed by atoms with van der Waals surface area (Å²) < 4.78 is -1.97. The molecule has 0 fully saturated rings. The monoisotopic (exact) mass is 285 g/mol. The molecule has 0 heterocycles. The van der Waals surface area contributed by atoms with Crippen molar-refractivity contribution in [3.63, 3.8) is 0 Å². The van der Waals surface area contributed by atoms with Gasteiger partial charge in [-0.15, -0.1) is 0 Å². The fourth-order valence-electron chi connectivity index (χ4n) is 0.961. The van der Waals surface area contributed by atoms with Gasteiger partial charge in [-0.2, -0.15) is 0 Å². The molecule has 1 N–H and O–H groups in total. The maximum absolute atomic E-state index is 11.3. The van der Waals surface area contributed by atoms with Crippen LogP contribution in [0.3, 0.4) is 0 Å². The number of anilines is 1. The maximum Gasteiger partial charge on any atom is 0.276 e. The molecule has 6 heteroatoms. The third kappa shape index (κ3) is 3.72. The van der Waals surface area contributed by atoms with Crippen LogP contribution in [-0.4, -0.2) is 9.70 Å². The highest BCUT2D eigenvalue weighted by atomic mass is 35.6. The highest BCUT2D eigenvalue weighted by molar-refractivity contribution is 6.76. The Labute approximate surface area is 107 Å². The first-order chi connectivity index (χ1) is 6.80. The van der Waals surface area contributed by atoms with Crippen molar-refractivity contribution in [3.8, 4) is 0 Å². The zero-order valence-electron chi connectivity index (χ0n) is 7.65. The molecule has 1 amide bonds. The van der Waals surface area contributed by atoms with Gasteiger partial charge in [0, 0.05) is 10.7 Å². The number of alkyl halides is 3. The second-order valence-corrected chi connectivity index (χ2v) is 5.63. The summed E-state index contributed by atoms with van der Waals surface area (Å²) in [6.45, 7) is 1.79. The maximum atomic E-state index is 11.3. The van der Waals surface area contributed by atoms with Crippen molar-refractivity contribution in [1.29, 1.82) is 0 Å². The van der Waals surface area contributed by atoms with Gasteiger partial charge in [-0.1, -0.05) is 46.4 Å². The molecule has 0 unspecified atom stereocenters. The second kappa shape index (κ2) is 4.79. The Hall–Kier alpha value is -0.150. The number of carbonyl (C=O) groups excluding carboxylic acids is 1. The fourth-order valence-corrected chi connectivity index (χ4v) is 1.33. The normalized spacial score (nSPS) is 11.3. The number of carbonyl (C=O) groups is 1. The molecule has 0 bridgehead atoms. The Balaban J connectivity index is 2.87. The first-order valence-corrected chi connectivity index (χ1v) is 5.46. The predicted octanol–water partition coefficient (Wildman–Crippen LogP) is 3.96. The van der Waals surface area contributed by atoms with Crippen molar-refractivity contribution in [1.82, 2.24) is 0 Å². The van der Waals surface area contributed by atoms with Crippen LogP contribution in [-0.2, 0) is 4.79 Å². The van der Waals surface area contributed by atoms with Crippen molar-refractivity contribution >= 4 is 58.0 Å². The molecule has 15 heavy (non-hydrogen) atoms. The van der Waals surface area contributed by atoms with Gasteiger partial charge in [-0.25, -0.2) is 0 Å². The number of benzene rings is 1. The van der Waals surface area contributed by atoms with E-state index in [1.807, 2.05) is 0 Å². The lowest BCUT2D eigenvalue weighted by Crippen LogP contribution is -2.27. The van der Waals surface area contributed by atoms with E-state index in [2.05, 4.69) is 5.32 Å². The standard InChI is InChI=1S/C9H7Cl4NO/c1-5-4-6(10)2-3-7(5)14-8(15)9(11,12)13/h2-4H,1H3,(H,14,15). The second-order valence-electron chi connectivity index (χ2n) is 2.91. The minimum Gasteiger partial charge on any atom is -0.322 e. The van der Waals surface area contributed by atoms with Crippen molar-refractivity contribution in [2.75, 3.05) is 5.32 Å². The lowest BCUT2D eigenvalue weighted by atomic mass is 10.2. The Morgan fingerprint density at radius 2 is 1.93 bits per heavy atom. The summed E-state index contributed by atoms with van der Waals surface area (Å²) in [4.78, 5) is 11.3. The van der Waals surface area contributed by atoms with Crippen LogP contribution in [0.25, 0.3) is 0 Å². The Morgan fingerprint density at radius 3 is 2.40 bits per heavy atom. The number of nitrogens with one attached hydrogen (secondary N) is 1. The molecular formula is C9H7Cl4NO. The molecule has 82 valence electrons. The van der Waals surface area contributed by atoms with E-state index in [1.165, 1.54) is 0 Å². The molecule has 0 saturated heterocycles. The molecule has 0 radical (unpaired) electrons. The third-order valence-electron chi connectivity index (χ3n) is 1.69. The van der Waals surface area contributed by atoms with Crippen molar-refractivity contribution in [2.24, 2.45) is 0 Å². The Morgan fingerprint density at radius 1 is 1.33 bits per heavy atom. The number of hydrogen-bond donors (Lipinski definition) is 1. The van der Waals surface area contributed by atoms with E-state index in [0.717, 1.165) is 5.56 Å². The lowest BCUT2D eigenvalue weighted by molar-refractivity contribution is -0.115. The van der Waals surface area contributed by atoms with E-state index in [9.17, 15) is 4.79 Å². The quantitative estimate of drug-likeness (QED) is 0.778. The molecule has 0 atom stereocenters. The van der Waals surface area contributed by atoms with Crippen LogP contribution >= 0.6 is 46.4 Å². The van der Waals surface area contributed by atoms with Crippen LogP contribution in [0.2, 0.25) is 5.02 Å². The molecule has 0 spiro atoms. The van der Waals surface area contributed by atoms with Gasteiger partial charge in [-0.05, 0) is 30.7 Å². The predicted molar refractivity (Wildman–Crippen MR) is 65.1 cm³/mol. The lowest BCUT2D eigenvalue weighted by Gasteiger charge is -2.13. The molecule has 0 aromatic heterocycles. The molecule has 0 aliphatic carbocycles. The van der Waals surface area contributed by atoms with Crippen molar-refractivity contribution < 1.29 is 4.79 Å². The van der Waals surface area contributed by atoms with E-state index < -0.39 is 9.70 Å². The number of aryl methyl sites for hydroxylation is 1. The molecule has 1 aromatic rings. The Kier molecular flexibility index (Phi) is 4.13. The number of hydrogen-bond acceptors (Lipinski definition) is 1. The molecule has 0 aliphatic heterocycles. The molecule has 0 aliphatic rings. The van der Waals surface area contributed by atoms with Gasteiger partial charge in [0.1, 0.15) is 0 Å². The summed E-state index contributed by atoms with van der Waals surface area (Å²) in [7, 11) is 0. The average molecular weight is 287 g/mol. The summed E-state index contributed by atoms with van der Waals surface area (Å²) in [5, 5.41) is 3.07. The van der Waals surface area contributed by atoms with E-state index in [1.54, 1.807) is 25.1 Å². The van der Waals surface area contributed by atoms with Gasteiger partial charge >= 0.3 is 0 Å². The summed E-state index contributed by atoms with van der Waals surface area (Å²) >= 11 is 22.0. The molecule has 1 rings (SSSR count). The van der Waals surface area contributed by atoms with E-state index in [0.29, 0.717) is 10.7 Å². The topological polar surface area (TPSA) is 29.1 Å². The fraction of sp³-hybridized carbons (Fsp3) is 0.222. The van der Waals surface area contributed by atoms with Crippen LogP contribution in [0.4, 0.5) is 5.69 Å². The molecule has 2 nitrogen and oxygen atoms in total. The summed E-state index contributed by atoms with van der Waals surface area (Å²) in [5.41, 5.74) is 1.36.